The van der Waals surface area contributed by atoms with Crippen LogP contribution in [0.5, 0.6) is 0 Å². The molecular weight excluding hydrogens is 591 g/mol. The zero-order valence-corrected chi connectivity index (χ0v) is 25.8. The van der Waals surface area contributed by atoms with Gasteiger partial charge in [-0.05, 0) is 0 Å². The Balaban J connectivity index is 2.97. The van der Waals surface area contributed by atoms with Crippen LogP contribution in [0.1, 0.15) is 46.6 Å². The molecule has 0 heterocycles. The molecule has 3 atom stereocenters. The monoisotopic (exact) mass is 632 g/mol. The fraction of sp³-hybridized carbons (Fsp3) is 0.577. The summed E-state index contributed by atoms with van der Waals surface area (Å²) in [7, 11) is 0. The number of ether oxygens (including phenoxy) is 1. The normalized spacial score (nSPS) is 13.6. The van der Waals surface area contributed by atoms with Gasteiger partial charge < -0.3 is 0 Å². The van der Waals surface area contributed by atoms with Crippen LogP contribution in [0, 0.1) is 5.92 Å². The van der Waals surface area contributed by atoms with Crippen molar-refractivity contribution in [2.24, 2.45) is 5.92 Å². The predicted octanol–water partition coefficient (Wildman–Crippen LogP) is 1.32. The number of carboxylic acids is 1. The van der Waals surface area contributed by atoms with E-state index in [-0.39, 0.29) is 17.0 Å². The van der Waals surface area contributed by atoms with Crippen molar-refractivity contribution in [3.63, 3.8) is 0 Å². The molecule has 3 amide bonds. The van der Waals surface area contributed by atoms with Crippen LogP contribution in [-0.4, -0.2) is 91.1 Å². The van der Waals surface area contributed by atoms with Gasteiger partial charge in [0.25, 0.3) is 0 Å². The molecule has 0 aliphatic heterocycles. The molecule has 0 aliphatic rings. The summed E-state index contributed by atoms with van der Waals surface area (Å²) in [5.41, 5.74) is 0.0579. The van der Waals surface area contributed by atoms with E-state index in [0.717, 1.165) is 5.56 Å². The van der Waals surface area contributed by atoms with Crippen molar-refractivity contribution in [2.75, 3.05) is 18.6 Å². The molecule has 0 unspecified atom stereocenters. The molecule has 218 valence electrons. The van der Waals surface area contributed by atoms with Crippen molar-refractivity contribution >= 4 is 55.5 Å². The minimum atomic E-state index is -1.17. The van der Waals surface area contributed by atoms with E-state index in [4.69, 9.17) is 9.84 Å². The maximum absolute atomic E-state index is 13.3. The van der Waals surface area contributed by atoms with E-state index in [0.29, 0.717) is 12.2 Å². The Labute approximate surface area is 240 Å². The third-order valence-corrected chi connectivity index (χ3v) is 7.59. The topological polar surface area (TPSA) is 163 Å². The molecule has 11 nitrogen and oxygen atoms in total. The fourth-order valence-corrected chi connectivity index (χ4v) is 5.66. The SMILES string of the molecule is CSCC[C@H](N[Se]C(=O)[C@@H](NC(=O)[C@H](Cc1ccccc1)NC(=O)OC(C)(C)C)C(C)C)C(=O)NCC(=O)O. The van der Waals surface area contributed by atoms with Gasteiger partial charge in [0, 0.05) is 0 Å². The molecule has 0 bridgehead atoms. The van der Waals surface area contributed by atoms with Crippen LogP contribution < -0.4 is 20.3 Å². The quantitative estimate of drug-likeness (QED) is 0.169. The van der Waals surface area contributed by atoms with Gasteiger partial charge in [-0.25, -0.2) is 0 Å². The number of amides is 3. The van der Waals surface area contributed by atoms with Gasteiger partial charge in [0.1, 0.15) is 0 Å². The number of alkyl carbamates (subject to hydrolysis) is 1. The second-order valence-electron chi connectivity index (χ2n) is 10.1. The summed E-state index contributed by atoms with van der Waals surface area (Å²) < 4.78 is 8.01. The molecule has 0 saturated carbocycles. The first-order valence-corrected chi connectivity index (χ1v) is 15.6. The summed E-state index contributed by atoms with van der Waals surface area (Å²) in [6.07, 6.45) is 1.72. The molecule has 0 aromatic heterocycles. The molecule has 1 aromatic carbocycles. The standard InChI is InChI=1S/C26H40N4O7SSe/c1-16(2)21(24(35)39-30-18(12-13-38-6)22(33)27-15-20(31)32)29-23(34)19(14-17-10-8-7-9-11-17)28-25(36)37-26(3,4)5/h7-11,16,18-19,21,30H,12-15H2,1-6H3,(H,27,33)(H,28,36)(H,29,34)(H,31,32)/t18-,19-,21-/m0/s1. The maximum atomic E-state index is 13.3. The zero-order chi connectivity index (χ0) is 29.6. The number of rotatable bonds is 16. The number of aliphatic carboxylic acids is 1. The predicted molar refractivity (Wildman–Crippen MR) is 151 cm³/mol. The van der Waals surface area contributed by atoms with Crippen LogP contribution >= 0.6 is 11.8 Å². The molecule has 13 heteroatoms. The molecule has 5 N–H and O–H groups in total. The number of thioether (sulfide) groups is 1. The van der Waals surface area contributed by atoms with Crippen LogP contribution in [-0.2, 0) is 30.3 Å². The molecule has 1 rings (SSSR count). The summed E-state index contributed by atoms with van der Waals surface area (Å²) >= 11 is 0.632. The molecular formula is C26H40N4O7SSe. The van der Waals surface area contributed by atoms with E-state index < -0.39 is 69.3 Å². The van der Waals surface area contributed by atoms with E-state index in [2.05, 4.69) is 20.3 Å². The molecule has 0 saturated heterocycles. The number of carboxylic acid groups (broad SMARTS) is 1. The van der Waals surface area contributed by atoms with E-state index >= 15 is 0 Å². The summed E-state index contributed by atoms with van der Waals surface area (Å²) in [5, 5.41) is 16.6. The number of carbonyl (C=O) groups excluding carboxylic acids is 4. The summed E-state index contributed by atoms with van der Waals surface area (Å²) in [5.74, 6) is -1.85. The minimum absolute atomic E-state index is 0.189. The first-order chi connectivity index (χ1) is 18.2. The Morgan fingerprint density at radius 1 is 1.00 bits per heavy atom. The summed E-state index contributed by atoms with van der Waals surface area (Å²) in [6.45, 7) is 8.21. The Kier molecular flexibility index (Phi) is 15.2. The molecule has 0 fully saturated rings. The van der Waals surface area contributed by atoms with Crippen LogP contribution in [0.25, 0.3) is 0 Å². The second-order valence-corrected chi connectivity index (χ2v) is 12.9. The fourth-order valence-electron chi connectivity index (χ4n) is 3.22. The van der Waals surface area contributed by atoms with Crippen LogP contribution in [0.15, 0.2) is 30.3 Å². The number of hydrogen-bond donors (Lipinski definition) is 5. The average molecular weight is 632 g/mol. The molecule has 0 spiro atoms. The zero-order valence-electron chi connectivity index (χ0n) is 23.2. The first kappa shape index (κ1) is 34.4. The van der Waals surface area contributed by atoms with Crippen molar-refractivity contribution in [1.29, 1.82) is 0 Å². The van der Waals surface area contributed by atoms with Gasteiger partial charge in [-0.15, -0.1) is 0 Å². The van der Waals surface area contributed by atoms with E-state index in [1.54, 1.807) is 34.6 Å². The second kappa shape index (κ2) is 17.2. The van der Waals surface area contributed by atoms with Crippen molar-refractivity contribution in [3.8, 4) is 0 Å². The van der Waals surface area contributed by atoms with E-state index in [9.17, 15) is 24.0 Å². The van der Waals surface area contributed by atoms with Crippen LogP contribution in [0.3, 0.4) is 0 Å². The summed E-state index contributed by atoms with van der Waals surface area (Å²) in [4.78, 5) is 62.3. The number of nitrogens with one attached hydrogen (secondary N) is 4. The first-order valence-electron chi connectivity index (χ1n) is 12.5. The third-order valence-electron chi connectivity index (χ3n) is 5.15. The Hall–Kier alpha value is -2.60. The Morgan fingerprint density at radius 2 is 1.64 bits per heavy atom. The van der Waals surface area contributed by atoms with Gasteiger partial charge in [-0.1, -0.05) is 0 Å². The Bertz CT molecular complexity index is 973. The number of benzene rings is 1. The average Bonchev–Trinajstić information content (AvgIpc) is 2.84. The molecule has 0 aliphatic carbocycles. The molecule has 39 heavy (non-hydrogen) atoms. The molecule has 1 aromatic rings. The van der Waals surface area contributed by atoms with Crippen molar-refractivity contribution < 1.29 is 33.8 Å². The van der Waals surface area contributed by atoms with Crippen molar-refractivity contribution in [1.82, 2.24) is 20.3 Å². The van der Waals surface area contributed by atoms with Gasteiger partial charge in [0.15, 0.2) is 0 Å². The van der Waals surface area contributed by atoms with Crippen LogP contribution in [0.2, 0.25) is 0 Å². The van der Waals surface area contributed by atoms with Crippen molar-refractivity contribution in [3.05, 3.63) is 35.9 Å². The number of carbonyl (C=O) groups is 5. The van der Waals surface area contributed by atoms with E-state index in [1.165, 1.54) is 11.8 Å². The van der Waals surface area contributed by atoms with Gasteiger partial charge >= 0.3 is 241 Å². The van der Waals surface area contributed by atoms with Gasteiger partial charge in [0.05, 0.1) is 0 Å². The number of hydrogen-bond acceptors (Lipinski definition) is 8. The Morgan fingerprint density at radius 3 is 2.18 bits per heavy atom. The van der Waals surface area contributed by atoms with Gasteiger partial charge in [-0.2, -0.15) is 0 Å². The third kappa shape index (κ3) is 14.4. The van der Waals surface area contributed by atoms with Gasteiger partial charge in [-0.3, -0.25) is 0 Å². The van der Waals surface area contributed by atoms with Crippen molar-refractivity contribution in [2.45, 2.75) is 71.2 Å². The van der Waals surface area contributed by atoms with Crippen LogP contribution in [0.4, 0.5) is 4.79 Å². The molecule has 0 radical (unpaired) electrons. The summed E-state index contributed by atoms with van der Waals surface area (Å²) in [6, 6.07) is 6.55. The van der Waals surface area contributed by atoms with Gasteiger partial charge in [0.2, 0.25) is 0 Å². The van der Waals surface area contributed by atoms with E-state index in [1.807, 2.05) is 36.6 Å².